The van der Waals surface area contributed by atoms with E-state index in [0.717, 1.165) is 5.56 Å². The summed E-state index contributed by atoms with van der Waals surface area (Å²) in [5, 5.41) is 0. The highest BCUT2D eigenvalue weighted by Crippen LogP contribution is 2.30. The molecule has 0 saturated carbocycles. The van der Waals surface area contributed by atoms with Gasteiger partial charge in [-0.3, -0.25) is 4.98 Å². The number of nitrogens with zero attached hydrogens (tertiary/aromatic N) is 3. The highest BCUT2D eigenvalue weighted by Gasteiger charge is 2.11. The summed E-state index contributed by atoms with van der Waals surface area (Å²) < 4.78 is 11.0. The minimum absolute atomic E-state index is 0.380. The summed E-state index contributed by atoms with van der Waals surface area (Å²) in [6.07, 6.45) is 4.99. The first-order valence-electron chi connectivity index (χ1n) is 6.41. The zero-order chi connectivity index (χ0) is 14.5. The Hall–Kier alpha value is -2.95. The predicted octanol–water partition coefficient (Wildman–Crippen LogP) is 3.34. The van der Waals surface area contributed by atoms with Crippen molar-refractivity contribution in [2.24, 2.45) is 0 Å². The van der Waals surface area contributed by atoms with Crippen molar-refractivity contribution in [3.05, 3.63) is 61.1 Å². The molecule has 5 heteroatoms. The molecule has 0 unspecified atom stereocenters. The fraction of sp³-hybridized carbons (Fsp3) is 0.0625. The normalized spacial score (nSPS) is 10.1. The third-order valence-electron chi connectivity index (χ3n) is 2.84. The van der Waals surface area contributed by atoms with Gasteiger partial charge >= 0.3 is 0 Å². The molecule has 0 fully saturated rings. The fourth-order valence-electron chi connectivity index (χ4n) is 1.81. The molecular formula is C16H13N3O2. The molecule has 21 heavy (non-hydrogen) atoms. The van der Waals surface area contributed by atoms with E-state index in [1.807, 2.05) is 42.5 Å². The summed E-state index contributed by atoms with van der Waals surface area (Å²) in [4.78, 5) is 12.7. The maximum Gasteiger partial charge on any atom is 0.266 e. The van der Waals surface area contributed by atoms with Crippen LogP contribution in [0, 0.1) is 0 Å². The average Bonchev–Trinajstić information content (AvgIpc) is 2.56. The van der Waals surface area contributed by atoms with Gasteiger partial charge in [-0.25, -0.2) is 4.98 Å². The molecule has 0 aliphatic rings. The van der Waals surface area contributed by atoms with Gasteiger partial charge in [0, 0.05) is 18.0 Å². The largest absolute Gasteiger partial charge is 0.490 e. The number of rotatable bonds is 4. The Labute approximate surface area is 122 Å². The van der Waals surface area contributed by atoms with Gasteiger partial charge in [0.2, 0.25) is 0 Å². The number of methoxy groups -OCH3 is 1. The molecule has 5 nitrogen and oxygen atoms in total. The van der Waals surface area contributed by atoms with E-state index in [2.05, 4.69) is 15.0 Å². The second kappa shape index (κ2) is 6.00. The van der Waals surface area contributed by atoms with Crippen LogP contribution in [0.3, 0.4) is 0 Å². The summed E-state index contributed by atoms with van der Waals surface area (Å²) in [5.41, 5.74) is 0.866. The molecule has 3 rings (SSSR count). The van der Waals surface area contributed by atoms with Gasteiger partial charge in [0.15, 0.2) is 11.6 Å². The Kier molecular flexibility index (Phi) is 3.73. The monoisotopic (exact) mass is 279 g/mol. The smallest absolute Gasteiger partial charge is 0.266 e. The van der Waals surface area contributed by atoms with E-state index in [1.165, 1.54) is 0 Å². The van der Waals surface area contributed by atoms with Crippen LogP contribution in [0.25, 0.3) is 11.4 Å². The van der Waals surface area contributed by atoms with E-state index in [4.69, 9.17) is 9.47 Å². The van der Waals surface area contributed by atoms with Crippen LogP contribution in [0.4, 0.5) is 0 Å². The van der Waals surface area contributed by atoms with Crippen LogP contribution >= 0.6 is 0 Å². The SMILES string of the molecule is COc1cnc(-c2ccncc2)nc1Oc1ccccc1. The van der Waals surface area contributed by atoms with Gasteiger partial charge in [0.05, 0.1) is 13.3 Å². The number of ether oxygens (including phenoxy) is 2. The molecule has 1 aromatic carbocycles. The van der Waals surface area contributed by atoms with Crippen molar-refractivity contribution < 1.29 is 9.47 Å². The van der Waals surface area contributed by atoms with Crippen molar-refractivity contribution in [2.45, 2.75) is 0 Å². The van der Waals surface area contributed by atoms with E-state index >= 15 is 0 Å². The summed E-state index contributed by atoms with van der Waals surface area (Å²) in [6.45, 7) is 0. The molecule has 0 saturated heterocycles. The lowest BCUT2D eigenvalue weighted by Gasteiger charge is -2.10. The van der Waals surface area contributed by atoms with Gasteiger partial charge in [-0.2, -0.15) is 4.98 Å². The van der Waals surface area contributed by atoms with E-state index in [9.17, 15) is 0 Å². The maximum atomic E-state index is 5.77. The molecule has 0 atom stereocenters. The summed E-state index contributed by atoms with van der Waals surface area (Å²) in [6, 6.07) is 13.1. The molecule has 0 aliphatic heterocycles. The van der Waals surface area contributed by atoms with Gasteiger partial charge in [-0.05, 0) is 24.3 Å². The number of para-hydroxylation sites is 1. The zero-order valence-electron chi connectivity index (χ0n) is 11.4. The first-order chi connectivity index (χ1) is 10.4. The molecule has 2 aromatic heterocycles. The second-order valence-corrected chi connectivity index (χ2v) is 4.22. The number of hydrogen-bond acceptors (Lipinski definition) is 5. The van der Waals surface area contributed by atoms with Gasteiger partial charge in [-0.1, -0.05) is 18.2 Å². The Morgan fingerprint density at radius 2 is 1.71 bits per heavy atom. The third kappa shape index (κ3) is 2.97. The Morgan fingerprint density at radius 1 is 0.952 bits per heavy atom. The van der Waals surface area contributed by atoms with E-state index in [-0.39, 0.29) is 0 Å². The molecule has 0 spiro atoms. The van der Waals surface area contributed by atoms with Gasteiger partial charge in [0.1, 0.15) is 5.75 Å². The zero-order valence-corrected chi connectivity index (χ0v) is 11.4. The second-order valence-electron chi connectivity index (χ2n) is 4.22. The minimum Gasteiger partial charge on any atom is -0.490 e. The standard InChI is InChI=1S/C16H13N3O2/c1-20-14-11-18-15(12-7-9-17-10-8-12)19-16(14)21-13-5-3-2-4-6-13/h2-11H,1H3. The van der Waals surface area contributed by atoms with Crippen LogP contribution in [0.2, 0.25) is 0 Å². The predicted molar refractivity (Wildman–Crippen MR) is 78.3 cm³/mol. The molecule has 0 N–H and O–H groups in total. The minimum atomic E-state index is 0.380. The molecule has 104 valence electrons. The van der Waals surface area contributed by atoms with Crippen LogP contribution in [-0.2, 0) is 0 Å². The Balaban J connectivity index is 1.98. The van der Waals surface area contributed by atoms with Crippen LogP contribution in [-0.4, -0.2) is 22.1 Å². The molecule has 0 radical (unpaired) electrons. The van der Waals surface area contributed by atoms with Crippen LogP contribution in [0.1, 0.15) is 0 Å². The fourth-order valence-corrected chi connectivity index (χ4v) is 1.81. The van der Waals surface area contributed by atoms with Crippen molar-refractivity contribution in [2.75, 3.05) is 7.11 Å². The van der Waals surface area contributed by atoms with Crippen LogP contribution < -0.4 is 9.47 Å². The molecule has 0 amide bonds. The van der Waals surface area contributed by atoms with E-state index < -0.39 is 0 Å². The average molecular weight is 279 g/mol. The number of aromatic nitrogens is 3. The molecule has 0 aliphatic carbocycles. The molecule has 2 heterocycles. The van der Waals surface area contributed by atoms with Crippen molar-refractivity contribution >= 4 is 0 Å². The lowest BCUT2D eigenvalue weighted by molar-refractivity contribution is 0.367. The number of pyridine rings is 1. The molecule has 0 bridgehead atoms. The van der Waals surface area contributed by atoms with Crippen molar-refractivity contribution in [3.63, 3.8) is 0 Å². The Morgan fingerprint density at radius 3 is 2.43 bits per heavy atom. The van der Waals surface area contributed by atoms with Crippen LogP contribution in [0.15, 0.2) is 61.1 Å². The highest BCUT2D eigenvalue weighted by atomic mass is 16.5. The molecular weight excluding hydrogens is 266 g/mol. The molecule has 3 aromatic rings. The summed E-state index contributed by atoms with van der Waals surface area (Å²) in [7, 11) is 1.56. The van der Waals surface area contributed by atoms with Gasteiger partial charge in [-0.15, -0.1) is 0 Å². The summed E-state index contributed by atoms with van der Waals surface area (Å²) >= 11 is 0. The van der Waals surface area contributed by atoms with Crippen LogP contribution in [0.5, 0.6) is 17.4 Å². The van der Waals surface area contributed by atoms with E-state index in [1.54, 1.807) is 25.7 Å². The maximum absolute atomic E-state index is 5.77. The van der Waals surface area contributed by atoms with Crippen molar-refractivity contribution in [1.29, 1.82) is 0 Å². The van der Waals surface area contributed by atoms with E-state index in [0.29, 0.717) is 23.2 Å². The van der Waals surface area contributed by atoms with Gasteiger partial charge < -0.3 is 9.47 Å². The summed E-state index contributed by atoms with van der Waals surface area (Å²) in [5.74, 6) is 2.11. The topological polar surface area (TPSA) is 57.1 Å². The Bertz CT molecular complexity index is 718. The quantitative estimate of drug-likeness (QED) is 0.733. The lowest BCUT2D eigenvalue weighted by atomic mass is 10.2. The lowest BCUT2D eigenvalue weighted by Crippen LogP contribution is -1.97. The first kappa shape index (κ1) is 13.1. The number of hydrogen-bond donors (Lipinski definition) is 0. The highest BCUT2D eigenvalue weighted by molar-refractivity contribution is 5.55. The first-order valence-corrected chi connectivity index (χ1v) is 6.41. The number of benzene rings is 1. The third-order valence-corrected chi connectivity index (χ3v) is 2.84. The van der Waals surface area contributed by atoms with Gasteiger partial charge in [0.25, 0.3) is 5.88 Å². The van der Waals surface area contributed by atoms with Crippen molar-refractivity contribution in [1.82, 2.24) is 15.0 Å². The van der Waals surface area contributed by atoms with Crippen molar-refractivity contribution in [3.8, 4) is 28.8 Å².